The summed E-state index contributed by atoms with van der Waals surface area (Å²) in [7, 11) is 0. The van der Waals surface area contributed by atoms with Gasteiger partial charge in [0.05, 0.1) is 10.8 Å². The molecule has 2 unspecified atom stereocenters. The van der Waals surface area contributed by atoms with Crippen molar-refractivity contribution >= 4 is 11.9 Å². The molecule has 0 aromatic heterocycles. The number of carbonyl (C=O) groups excluding carboxylic acids is 2. The van der Waals surface area contributed by atoms with E-state index in [2.05, 4.69) is 0 Å². The lowest BCUT2D eigenvalue weighted by Gasteiger charge is -2.30. The molecule has 0 heterocycles. The van der Waals surface area contributed by atoms with Crippen molar-refractivity contribution in [1.29, 1.82) is 0 Å². The Bertz CT molecular complexity index is 395. The minimum Gasteiger partial charge on any atom is -0.392 e. The molecule has 19 heavy (non-hydrogen) atoms. The largest absolute Gasteiger partial charge is 0.392 e. The molecule has 3 nitrogen and oxygen atoms in total. The van der Waals surface area contributed by atoms with Crippen molar-refractivity contribution in [3.8, 4) is 0 Å². The molecule has 104 valence electrons. The van der Waals surface area contributed by atoms with E-state index in [0.29, 0.717) is 0 Å². The predicted molar refractivity (Wildman–Crippen MR) is 73.3 cm³/mol. The second kappa shape index (κ2) is 5.32. The molecule has 0 saturated carbocycles. The van der Waals surface area contributed by atoms with Crippen LogP contribution in [0.25, 0.3) is 0 Å². The van der Waals surface area contributed by atoms with Crippen LogP contribution in [0.3, 0.4) is 0 Å². The van der Waals surface area contributed by atoms with E-state index in [1.165, 1.54) is 0 Å². The number of hydrogen-bond donors (Lipinski definition) is 0. The Morgan fingerprint density at radius 2 is 1.32 bits per heavy atom. The summed E-state index contributed by atoms with van der Waals surface area (Å²) in [6.45, 7) is 3.69. The highest BCUT2D eigenvalue weighted by molar-refractivity contribution is 5.93. The van der Waals surface area contributed by atoms with Crippen LogP contribution in [0.15, 0.2) is 24.3 Å². The van der Waals surface area contributed by atoms with Crippen molar-refractivity contribution in [2.75, 3.05) is 0 Å². The van der Waals surface area contributed by atoms with Crippen LogP contribution < -0.4 is 0 Å². The maximum Gasteiger partial charge on any atom is 0.323 e. The third-order valence-electron chi connectivity index (χ3n) is 4.22. The van der Waals surface area contributed by atoms with E-state index in [4.69, 9.17) is 4.74 Å². The van der Waals surface area contributed by atoms with Gasteiger partial charge in [-0.05, 0) is 52.4 Å². The molecule has 0 aromatic carbocycles. The molecule has 0 amide bonds. The summed E-state index contributed by atoms with van der Waals surface area (Å²) in [6.07, 6.45) is 13.2. The average Bonchev–Trinajstić information content (AvgIpc) is 2.40. The van der Waals surface area contributed by atoms with E-state index in [1.807, 2.05) is 38.2 Å². The summed E-state index contributed by atoms with van der Waals surface area (Å²) in [6, 6.07) is 0. The number of allylic oxidation sites excluding steroid dienone is 2. The summed E-state index contributed by atoms with van der Waals surface area (Å²) >= 11 is 0. The van der Waals surface area contributed by atoms with E-state index in [1.54, 1.807) is 0 Å². The molecule has 2 rings (SSSR count). The highest BCUT2D eigenvalue weighted by atomic mass is 16.6. The third kappa shape index (κ3) is 2.96. The standard InChI is InChI=1S/C16H22O3/c1-15(9-5-3-6-10-15)13(17)19-14(18)16(2)11-7-4-8-12-16/h5,7,9,11H,3-4,6,8,10,12H2,1-2H3. The van der Waals surface area contributed by atoms with Crippen LogP contribution in [0, 0.1) is 10.8 Å². The molecule has 2 aliphatic carbocycles. The first-order valence-corrected chi connectivity index (χ1v) is 7.08. The predicted octanol–water partition coefficient (Wildman–Crippen LogP) is 3.55. The van der Waals surface area contributed by atoms with Gasteiger partial charge in [0, 0.05) is 0 Å². The van der Waals surface area contributed by atoms with Crippen molar-refractivity contribution in [2.45, 2.75) is 52.4 Å². The molecule has 0 bridgehead atoms. The smallest absolute Gasteiger partial charge is 0.323 e. The topological polar surface area (TPSA) is 43.4 Å². The first-order chi connectivity index (χ1) is 8.96. The average molecular weight is 262 g/mol. The third-order valence-corrected chi connectivity index (χ3v) is 4.22. The lowest BCUT2D eigenvalue weighted by Crippen LogP contribution is -2.37. The van der Waals surface area contributed by atoms with Crippen LogP contribution in [0.5, 0.6) is 0 Å². The molecule has 3 heteroatoms. The summed E-state index contributed by atoms with van der Waals surface area (Å²) in [5, 5.41) is 0. The minimum atomic E-state index is -0.636. The molecule has 0 aliphatic heterocycles. The van der Waals surface area contributed by atoms with Gasteiger partial charge in [0.1, 0.15) is 0 Å². The molecule has 0 radical (unpaired) electrons. The molecule has 0 aromatic rings. The molecule has 2 aliphatic rings. The Balaban J connectivity index is 2.04. The SMILES string of the molecule is CC1(C(=O)OC(=O)C2(C)C=CCCC2)C=CCCC1. The van der Waals surface area contributed by atoms with Gasteiger partial charge in [0.15, 0.2) is 0 Å². The first kappa shape index (κ1) is 14.0. The quantitative estimate of drug-likeness (QED) is 0.434. The van der Waals surface area contributed by atoms with Gasteiger partial charge >= 0.3 is 11.9 Å². The van der Waals surface area contributed by atoms with Gasteiger partial charge < -0.3 is 4.74 Å². The molecule has 2 atom stereocenters. The molecule has 0 spiro atoms. The van der Waals surface area contributed by atoms with Gasteiger partial charge in [0.25, 0.3) is 0 Å². The second-order valence-corrected chi connectivity index (χ2v) is 6.10. The highest BCUT2D eigenvalue weighted by Crippen LogP contribution is 2.35. The summed E-state index contributed by atoms with van der Waals surface area (Å²) in [5.74, 6) is -0.817. The van der Waals surface area contributed by atoms with Crippen molar-refractivity contribution in [3.05, 3.63) is 24.3 Å². The van der Waals surface area contributed by atoms with Crippen molar-refractivity contribution in [2.24, 2.45) is 10.8 Å². The van der Waals surface area contributed by atoms with E-state index in [9.17, 15) is 9.59 Å². The lowest BCUT2D eigenvalue weighted by atomic mass is 9.79. The highest BCUT2D eigenvalue weighted by Gasteiger charge is 2.39. The maximum absolute atomic E-state index is 12.2. The Kier molecular flexibility index (Phi) is 3.93. The van der Waals surface area contributed by atoms with Crippen LogP contribution in [-0.2, 0) is 14.3 Å². The normalized spacial score (nSPS) is 34.0. The molecule has 0 saturated heterocycles. The minimum absolute atomic E-state index is 0.409. The van der Waals surface area contributed by atoms with Gasteiger partial charge in [-0.1, -0.05) is 24.3 Å². The van der Waals surface area contributed by atoms with E-state index in [0.717, 1.165) is 38.5 Å². The van der Waals surface area contributed by atoms with E-state index in [-0.39, 0.29) is 0 Å². The van der Waals surface area contributed by atoms with Gasteiger partial charge in [-0.25, -0.2) is 0 Å². The van der Waals surface area contributed by atoms with Crippen molar-refractivity contribution in [3.63, 3.8) is 0 Å². The van der Waals surface area contributed by atoms with Crippen LogP contribution in [0.1, 0.15) is 52.4 Å². The monoisotopic (exact) mass is 262 g/mol. The second-order valence-electron chi connectivity index (χ2n) is 6.10. The Hall–Kier alpha value is -1.38. The number of ether oxygens (including phenoxy) is 1. The zero-order valence-corrected chi connectivity index (χ0v) is 11.8. The molecular formula is C16H22O3. The molecule has 0 fully saturated rings. The number of esters is 2. The van der Waals surface area contributed by atoms with E-state index < -0.39 is 22.8 Å². The van der Waals surface area contributed by atoms with Gasteiger partial charge in [-0.15, -0.1) is 0 Å². The van der Waals surface area contributed by atoms with Crippen LogP contribution >= 0.6 is 0 Å². The Morgan fingerprint density at radius 1 is 0.895 bits per heavy atom. The molecule has 0 N–H and O–H groups in total. The number of carbonyl (C=O) groups is 2. The Morgan fingerprint density at radius 3 is 1.63 bits per heavy atom. The first-order valence-electron chi connectivity index (χ1n) is 7.08. The zero-order valence-electron chi connectivity index (χ0n) is 11.8. The van der Waals surface area contributed by atoms with Crippen LogP contribution in [-0.4, -0.2) is 11.9 Å². The van der Waals surface area contributed by atoms with Gasteiger partial charge in [-0.2, -0.15) is 0 Å². The molecular weight excluding hydrogens is 240 g/mol. The summed E-state index contributed by atoms with van der Waals surface area (Å²) < 4.78 is 5.16. The number of hydrogen-bond acceptors (Lipinski definition) is 3. The maximum atomic E-state index is 12.2. The number of rotatable bonds is 2. The summed E-state index contributed by atoms with van der Waals surface area (Å²) in [4.78, 5) is 24.4. The van der Waals surface area contributed by atoms with Gasteiger partial charge in [0.2, 0.25) is 0 Å². The fourth-order valence-corrected chi connectivity index (χ4v) is 2.69. The van der Waals surface area contributed by atoms with Crippen LogP contribution in [0.4, 0.5) is 0 Å². The van der Waals surface area contributed by atoms with Crippen molar-refractivity contribution in [1.82, 2.24) is 0 Å². The fourth-order valence-electron chi connectivity index (χ4n) is 2.69. The van der Waals surface area contributed by atoms with Gasteiger partial charge in [-0.3, -0.25) is 9.59 Å². The summed E-state index contributed by atoms with van der Waals surface area (Å²) in [5.41, 5.74) is -1.27. The lowest BCUT2D eigenvalue weighted by molar-refractivity contribution is -0.170. The zero-order chi connectivity index (χ0) is 13.9. The van der Waals surface area contributed by atoms with Crippen molar-refractivity contribution < 1.29 is 14.3 Å². The van der Waals surface area contributed by atoms with Crippen LogP contribution in [0.2, 0.25) is 0 Å². The Labute approximate surface area is 114 Å². The van der Waals surface area contributed by atoms with E-state index >= 15 is 0 Å². The fraction of sp³-hybridized carbons (Fsp3) is 0.625.